The lowest BCUT2D eigenvalue weighted by molar-refractivity contribution is -0.161. The average molecular weight is 1380 g/mol. The van der Waals surface area contributed by atoms with Gasteiger partial charge >= 0.3 is 33.6 Å². The van der Waals surface area contributed by atoms with Crippen LogP contribution in [0.15, 0.2) is 85.1 Å². The number of carbonyl (C=O) groups is 3. The molecule has 0 amide bonds. The van der Waals surface area contributed by atoms with E-state index < -0.39 is 91.5 Å². The van der Waals surface area contributed by atoms with E-state index in [4.69, 9.17) is 32.3 Å². The van der Waals surface area contributed by atoms with Crippen LogP contribution in [0, 0.1) is 0 Å². The van der Waals surface area contributed by atoms with Gasteiger partial charge in [-0.15, -0.1) is 0 Å². The second kappa shape index (κ2) is 70.6. The first kappa shape index (κ1) is 91.7. The maximum Gasteiger partial charge on any atom is 0.472 e. The first-order valence-electron chi connectivity index (χ1n) is 37.9. The maximum absolute atomic E-state index is 12.9. The molecular weight excluding hydrogens is 1240 g/mol. The molecule has 0 radical (unpaired) electrons. The quantitative estimate of drug-likeness (QED) is 0.0146. The summed E-state index contributed by atoms with van der Waals surface area (Å²) in [5.74, 6) is -1.57. The van der Waals surface area contributed by atoms with Crippen molar-refractivity contribution >= 4 is 33.6 Å². The van der Waals surface area contributed by atoms with Crippen LogP contribution < -0.4 is 0 Å². The monoisotopic (exact) mass is 1380 g/mol. The molecule has 0 aliphatic rings. The Kier molecular flexibility index (Phi) is 68.2. The maximum atomic E-state index is 12.9. The third-order valence-electron chi connectivity index (χ3n) is 16.1. The summed E-state index contributed by atoms with van der Waals surface area (Å²) in [7, 11) is -9.76. The van der Waals surface area contributed by atoms with E-state index in [1.54, 1.807) is 0 Å². The molecule has 0 aromatic heterocycles. The lowest BCUT2D eigenvalue weighted by Gasteiger charge is -2.21. The molecule has 552 valence electrons. The van der Waals surface area contributed by atoms with E-state index in [0.717, 1.165) is 128 Å². The summed E-state index contributed by atoms with van der Waals surface area (Å²) in [4.78, 5) is 58.4. The summed E-state index contributed by atoms with van der Waals surface area (Å²) in [6.45, 7) is 2.57. The number of carbonyl (C=O) groups excluding carboxylic acids is 3. The van der Waals surface area contributed by atoms with Crippen LogP contribution >= 0.6 is 15.6 Å². The van der Waals surface area contributed by atoms with Crippen LogP contribution in [0.3, 0.4) is 0 Å². The molecule has 0 aromatic carbocycles. The fraction of sp³-hybridized carbons (Fsp3) is 0.779. The van der Waals surface area contributed by atoms with Gasteiger partial charge < -0.3 is 34.2 Å². The molecule has 0 spiro atoms. The van der Waals surface area contributed by atoms with Crippen molar-refractivity contribution in [1.29, 1.82) is 0 Å². The predicted octanol–water partition coefficient (Wildman–Crippen LogP) is 21.7. The molecule has 0 saturated heterocycles. The van der Waals surface area contributed by atoms with Crippen LogP contribution in [0.25, 0.3) is 0 Å². The van der Waals surface area contributed by atoms with Gasteiger partial charge in [0, 0.05) is 19.3 Å². The first-order valence-corrected chi connectivity index (χ1v) is 40.9. The zero-order chi connectivity index (χ0) is 69.5. The van der Waals surface area contributed by atoms with Crippen LogP contribution in [0.4, 0.5) is 0 Å². The van der Waals surface area contributed by atoms with E-state index in [-0.39, 0.29) is 19.3 Å². The molecule has 0 heterocycles. The molecule has 95 heavy (non-hydrogen) atoms. The third kappa shape index (κ3) is 71.8. The summed E-state index contributed by atoms with van der Waals surface area (Å²) in [6.07, 6.45) is 78.0. The van der Waals surface area contributed by atoms with Gasteiger partial charge in [-0.05, 0) is 96.3 Å². The summed E-state index contributed by atoms with van der Waals surface area (Å²) < 4.78 is 60.9. The number of hydrogen-bond donors (Lipinski definition) is 4. The second-order valence-corrected chi connectivity index (χ2v) is 28.3. The van der Waals surface area contributed by atoms with Crippen molar-refractivity contribution in [3.05, 3.63) is 85.1 Å². The number of phosphoric acid groups is 2. The predicted molar refractivity (Wildman–Crippen MR) is 390 cm³/mol. The molecule has 0 fully saturated rings. The minimum absolute atomic E-state index is 0.108. The number of rotatable bonds is 72. The molecule has 5 unspecified atom stereocenters. The number of unbranched alkanes of at least 4 members (excludes halogenated alkanes) is 35. The highest BCUT2D eigenvalue weighted by atomic mass is 31.2. The summed E-state index contributed by atoms with van der Waals surface area (Å²) in [5, 5.41) is 20.6. The van der Waals surface area contributed by atoms with Crippen molar-refractivity contribution in [2.75, 3.05) is 39.6 Å². The van der Waals surface area contributed by atoms with Crippen molar-refractivity contribution < 1.29 is 75.8 Å². The van der Waals surface area contributed by atoms with E-state index in [9.17, 15) is 43.5 Å². The van der Waals surface area contributed by atoms with Crippen LogP contribution in [0.1, 0.15) is 329 Å². The Labute approximate surface area is 578 Å². The zero-order valence-corrected chi connectivity index (χ0v) is 61.9. The Hall–Kier alpha value is -3.27. The highest BCUT2D eigenvalue weighted by Gasteiger charge is 2.29. The number of aliphatic hydroxyl groups excluding tert-OH is 2. The molecule has 4 N–H and O–H groups in total. The van der Waals surface area contributed by atoms with Gasteiger partial charge in [0.15, 0.2) is 6.10 Å². The van der Waals surface area contributed by atoms with E-state index in [0.29, 0.717) is 19.3 Å². The Morgan fingerprint density at radius 3 is 0.895 bits per heavy atom. The zero-order valence-electron chi connectivity index (χ0n) is 60.1. The second-order valence-electron chi connectivity index (χ2n) is 25.4. The fourth-order valence-corrected chi connectivity index (χ4v) is 11.9. The minimum Gasteiger partial charge on any atom is -0.463 e. The van der Waals surface area contributed by atoms with Gasteiger partial charge in [-0.3, -0.25) is 32.5 Å². The Morgan fingerprint density at radius 1 is 0.305 bits per heavy atom. The lowest BCUT2D eigenvalue weighted by atomic mass is 10.0. The van der Waals surface area contributed by atoms with Gasteiger partial charge in [-0.1, -0.05) is 298 Å². The van der Waals surface area contributed by atoms with Crippen LogP contribution in [-0.4, -0.2) is 95.9 Å². The molecule has 0 aliphatic carbocycles. The molecule has 0 rings (SSSR count). The normalized spacial score (nSPS) is 14.6. The molecule has 5 atom stereocenters. The minimum atomic E-state index is -4.92. The molecule has 0 saturated carbocycles. The Bertz CT molecular complexity index is 2070. The fourth-order valence-electron chi connectivity index (χ4n) is 10.3. The standard InChI is InChI=1S/C77H138O16P2/c1-4-7-10-13-16-19-22-24-26-27-28-29-30-31-32-33-34-35-36-37-38-39-40-41-42-43-45-47-49-51-54-57-60-63-75(80)87-66-72(78)67-89-94(83,84)90-68-73(79)69-91-95(85,86)92-71-74(93-77(82)65-62-59-56-53-48-21-18-15-12-9-6-3)70-88-76(81)64-61-58-55-52-50-46-44-25-23-20-17-14-11-8-5-2/h7,10,16,19,24-26,28-29,31-32,34-35,44,72-74,78-79H,4-6,8-9,11-15,17-18,20-23,27,30,33,36-43,45-71H2,1-3H3,(H,83,84)(H,85,86)/b10-7-,19-16-,26-24-,29-28-,32-31-,35-34-,44-25-. The third-order valence-corrected chi connectivity index (χ3v) is 18.0. The van der Waals surface area contributed by atoms with Crippen molar-refractivity contribution in [3.8, 4) is 0 Å². The number of esters is 3. The SMILES string of the molecule is CC/C=C\C/C=C\C/C=C\C/C=C\C/C=C\C/C=C\CCCCCCCCCCCCCCCCC(=O)OCC(O)COP(=O)(O)OCC(O)COP(=O)(O)OCC(COC(=O)CCCCCCC/C=C\CCCCCCCC)OC(=O)CCCCCCCCCCCCC. The highest BCUT2D eigenvalue weighted by Crippen LogP contribution is 2.45. The van der Waals surface area contributed by atoms with Crippen LogP contribution in [0.5, 0.6) is 0 Å². The van der Waals surface area contributed by atoms with Gasteiger partial charge in [-0.2, -0.15) is 0 Å². The molecule has 0 aromatic rings. The van der Waals surface area contributed by atoms with Crippen LogP contribution in [0.2, 0.25) is 0 Å². The summed E-state index contributed by atoms with van der Waals surface area (Å²) >= 11 is 0. The number of allylic oxidation sites excluding steroid dienone is 14. The number of aliphatic hydroxyl groups is 2. The van der Waals surface area contributed by atoms with E-state index in [1.165, 1.54) is 141 Å². The molecule has 18 heteroatoms. The first-order chi connectivity index (χ1) is 46.2. The Morgan fingerprint density at radius 2 is 0.558 bits per heavy atom. The Balaban J connectivity index is 4.32. The summed E-state index contributed by atoms with van der Waals surface area (Å²) in [6, 6.07) is 0. The number of phosphoric ester groups is 2. The van der Waals surface area contributed by atoms with Gasteiger partial charge in [0.1, 0.15) is 25.4 Å². The molecule has 16 nitrogen and oxygen atoms in total. The molecule has 0 bridgehead atoms. The molecular formula is C77H138O16P2. The van der Waals surface area contributed by atoms with Crippen molar-refractivity contribution in [2.45, 2.75) is 347 Å². The summed E-state index contributed by atoms with van der Waals surface area (Å²) in [5.41, 5.74) is 0. The topological polar surface area (TPSA) is 231 Å². The number of hydrogen-bond acceptors (Lipinski definition) is 14. The largest absolute Gasteiger partial charge is 0.472 e. The van der Waals surface area contributed by atoms with Crippen molar-refractivity contribution in [1.82, 2.24) is 0 Å². The van der Waals surface area contributed by atoms with Gasteiger partial charge in [0.2, 0.25) is 0 Å². The van der Waals surface area contributed by atoms with E-state index >= 15 is 0 Å². The van der Waals surface area contributed by atoms with Gasteiger partial charge in [0.05, 0.1) is 26.4 Å². The van der Waals surface area contributed by atoms with E-state index in [1.807, 2.05) is 0 Å². The average Bonchev–Trinajstić information content (AvgIpc) is 3.18. The molecule has 0 aliphatic heterocycles. The van der Waals surface area contributed by atoms with Gasteiger partial charge in [-0.25, -0.2) is 9.13 Å². The van der Waals surface area contributed by atoms with Crippen molar-refractivity contribution in [2.24, 2.45) is 0 Å². The van der Waals surface area contributed by atoms with Gasteiger partial charge in [0.25, 0.3) is 0 Å². The lowest BCUT2D eigenvalue weighted by Crippen LogP contribution is -2.30. The number of ether oxygens (including phenoxy) is 3. The van der Waals surface area contributed by atoms with Crippen molar-refractivity contribution in [3.63, 3.8) is 0 Å². The van der Waals surface area contributed by atoms with Crippen LogP contribution in [-0.2, 0) is 55.8 Å². The van der Waals surface area contributed by atoms with E-state index in [2.05, 4.69) is 106 Å². The highest BCUT2D eigenvalue weighted by molar-refractivity contribution is 7.47. The smallest absolute Gasteiger partial charge is 0.463 e.